The molecule has 1 heteroatoms. The van der Waals surface area contributed by atoms with E-state index >= 15 is 0 Å². The van der Waals surface area contributed by atoms with Gasteiger partial charge in [0.05, 0.1) is 0 Å². The molecule has 1 aromatic heterocycles. The highest BCUT2D eigenvalue weighted by molar-refractivity contribution is 7.10. The van der Waals surface area contributed by atoms with Crippen molar-refractivity contribution in [1.82, 2.24) is 0 Å². The lowest BCUT2D eigenvalue weighted by Crippen LogP contribution is -2.06. The van der Waals surface area contributed by atoms with Crippen LogP contribution in [0, 0.1) is 0 Å². The van der Waals surface area contributed by atoms with Crippen LogP contribution in [0.15, 0.2) is 66.0 Å². The molecule has 4 rings (SSSR count). The first kappa shape index (κ1) is 12.8. The van der Waals surface area contributed by atoms with E-state index in [0.717, 1.165) is 6.42 Å². The summed E-state index contributed by atoms with van der Waals surface area (Å²) in [6.45, 7) is 0. The Balaban J connectivity index is 1.81. The standard InChI is InChI=1S/C20H18S/c1-2-6-15(7-3-1)14-19-17-9-5-4-8-16(17)10-11-20-18(19)12-13-21-20/h1-9,12-13,19H,10-11,14H2/t19-/m0/s1. The Hall–Kier alpha value is -1.86. The molecule has 0 spiro atoms. The highest BCUT2D eigenvalue weighted by Crippen LogP contribution is 2.38. The molecule has 1 aliphatic carbocycles. The number of fused-ring (bicyclic) bond motifs is 2. The van der Waals surface area contributed by atoms with Crippen molar-refractivity contribution >= 4 is 11.3 Å². The number of thiophene rings is 1. The highest BCUT2D eigenvalue weighted by Gasteiger charge is 2.24. The fourth-order valence-electron chi connectivity index (χ4n) is 3.45. The summed E-state index contributed by atoms with van der Waals surface area (Å²) in [4.78, 5) is 1.58. The van der Waals surface area contributed by atoms with Gasteiger partial charge in [0, 0.05) is 10.8 Å². The Bertz CT molecular complexity index is 739. The van der Waals surface area contributed by atoms with Crippen LogP contribution in [0.4, 0.5) is 0 Å². The maximum absolute atomic E-state index is 2.34. The van der Waals surface area contributed by atoms with E-state index in [2.05, 4.69) is 66.0 Å². The number of hydrogen-bond donors (Lipinski definition) is 0. The number of benzene rings is 2. The molecule has 0 amide bonds. The van der Waals surface area contributed by atoms with Crippen LogP contribution in [0.2, 0.25) is 0 Å². The summed E-state index contributed by atoms with van der Waals surface area (Å²) in [5, 5.41) is 2.26. The van der Waals surface area contributed by atoms with Crippen LogP contribution < -0.4 is 0 Å². The smallest absolute Gasteiger partial charge is 0.0143 e. The third-order valence-electron chi connectivity index (χ3n) is 4.49. The van der Waals surface area contributed by atoms with E-state index in [-0.39, 0.29) is 0 Å². The molecule has 1 heterocycles. The fourth-order valence-corrected chi connectivity index (χ4v) is 4.40. The van der Waals surface area contributed by atoms with Gasteiger partial charge in [-0.2, -0.15) is 0 Å². The SMILES string of the molecule is c1ccc(C[C@H]2c3ccccc3CCc3sccc32)cc1. The molecule has 2 aromatic carbocycles. The Labute approximate surface area is 130 Å². The van der Waals surface area contributed by atoms with Crippen molar-refractivity contribution in [3.8, 4) is 0 Å². The average molecular weight is 290 g/mol. The first-order valence-electron chi connectivity index (χ1n) is 7.60. The van der Waals surface area contributed by atoms with E-state index in [1.807, 2.05) is 11.3 Å². The van der Waals surface area contributed by atoms with Gasteiger partial charge >= 0.3 is 0 Å². The second-order valence-corrected chi connectivity index (χ2v) is 6.74. The van der Waals surface area contributed by atoms with Gasteiger partial charge in [0.1, 0.15) is 0 Å². The van der Waals surface area contributed by atoms with Gasteiger partial charge in [-0.15, -0.1) is 11.3 Å². The summed E-state index contributed by atoms with van der Waals surface area (Å²) in [6, 6.07) is 22.2. The Kier molecular flexibility index (Phi) is 3.36. The highest BCUT2D eigenvalue weighted by atomic mass is 32.1. The lowest BCUT2D eigenvalue weighted by atomic mass is 9.85. The second kappa shape index (κ2) is 5.50. The van der Waals surface area contributed by atoms with Gasteiger partial charge in [-0.3, -0.25) is 0 Å². The molecule has 1 atom stereocenters. The Morgan fingerprint density at radius 3 is 2.52 bits per heavy atom. The molecule has 0 saturated heterocycles. The maximum Gasteiger partial charge on any atom is 0.0143 e. The molecular formula is C20H18S. The van der Waals surface area contributed by atoms with Gasteiger partial charge < -0.3 is 0 Å². The zero-order chi connectivity index (χ0) is 14.1. The van der Waals surface area contributed by atoms with Crippen LogP contribution in [-0.4, -0.2) is 0 Å². The Morgan fingerprint density at radius 2 is 1.62 bits per heavy atom. The van der Waals surface area contributed by atoms with Crippen LogP contribution in [0.25, 0.3) is 0 Å². The maximum atomic E-state index is 2.34. The van der Waals surface area contributed by atoms with Crippen LogP contribution in [0.5, 0.6) is 0 Å². The van der Waals surface area contributed by atoms with Gasteiger partial charge in [0.15, 0.2) is 0 Å². The third-order valence-corrected chi connectivity index (χ3v) is 5.49. The topological polar surface area (TPSA) is 0 Å². The van der Waals surface area contributed by atoms with E-state index in [0.29, 0.717) is 5.92 Å². The zero-order valence-electron chi connectivity index (χ0n) is 12.0. The molecule has 21 heavy (non-hydrogen) atoms. The normalized spacial score (nSPS) is 16.9. The third kappa shape index (κ3) is 2.43. The monoisotopic (exact) mass is 290 g/mol. The lowest BCUT2D eigenvalue weighted by Gasteiger charge is -2.19. The first-order chi connectivity index (χ1) is 10.4. The minimum Gasteiger partial charge on any atom is -0.149 e. The minimum atomic E-state index is 0.507. The summed E-state index contributed by atoms with van der Waals surface area (Å²) >= 11 is 1.92. The molecule has 0 saturated carbocycles. The van der Waals surface area contributed by atoms with Crippen molar-refractivity contribution in [1.29, 1.82) is 0 Å². The van der Waals surface area contributed by atoms with Crippen LogP contribution >= 0.6 is 11.3 Å². The van der Waals surface area contributed by atoms with Crippen molar-refractivity contribution in [3.05, 3.63) is 93.2 Å². The van der Waals surface area contributed by atoms with Crippen LogP contribution in [0.3, 0.4) is 0 Å². The van der Waals surface area contributed by atoms with Crippen LogP contribution in [-0.2, 0) is 19.3 Å². The lowest BCUT2D eigenvalue weighted by molar-refractivity contribution is 0.803. The van der Waals surface area contributed by atoms with Crippen molar-refractivity contribution in [3.63, 3.8) is 0 Å². The molecule has 0 N–H and O–H groups in total. The largest absolute Gasteiger partial charge is 0.149 e. The molecule has 3 aromatic rings. The fraction of sp³-hybridized carbons (Fsp3) is 0.200. The van der Waals surface area contributed by atoms with Gasteiger partial charge in [-0.05, 0) is 53.0 Å². The van der Waals surface area contributed by atoms with Crippen molar-refractivity contribution < 1.29 is 0 Å². The molecular weight excluding hydrogens is 272 g/mol. The molecule has 0 unspecified atom stereocenters. The predicted octanol–water partition coefficient (Wildman–Crippen LogP) is 5.22. The van der Waals surface area contributed by atoms with Crippen LogP contribution in [0.1, 0.15) is 33.0 Å². The van der Waals surface area contributed by atoms with Gasteiger partial charge in [-0.1, -0.05) is 54.6 Å². The van der Waals surface area contributed by atoms with Crippen molar-refractivity contribution in [2.45, 2.75) is 25.2 Å². The summed E-state index contributed by atoms with van der Waals surface area (Å²) in [5.41, 5.74) is 6.03. The number of hydrogen-bond acceptors (Lipinski definition) is 1. The van der Waals surface area contributed by atoms with Gasteiger partial charge in [-0.25, -0.2) is 0 Å². The predicted molar refractivity (Wildman–Crippen MR) is 90.2 cm³/mol. The summed E-state index contributed by atoms with van der Waals surface area (Å²) in [6.07, 6.45) is 3.46. The van der Waals surface area contributed by atoms with E-state index in [1.54, 1.807) is 10.4 Å². The molecule has 0 nitrogen and oxygen atoms in total. The quantitative estimate of drug-likeness (QED) is 0.607. The molecule has 0 fully saturated rings. The van der Waals surface area contributed by atoms with E-state index < -0.39 is 0 Å². The van der Waals surface area contributed by atoms with Gasteiger partial charge in [0.25, 0.3) is 0 Å². The minimum absolute atomic E-state index is 0.507. The zero-order valence-corrected chi connectivity index (χ0v) is 12.8. The summed E-state index contributed by atoms with van der Waals surface area (Å²) in [7, 11) is 0. The Morgan fingerprint density at radius 1 is 0.810 bits per heavy atom. The summed E-state index contributed by atoms with van der Waals surface area (Å²) < 4.78 is 0. The number of aryl methyl sites for hydroxylation is 2. The molecule has 0 bridgehead atoms. The first-order valence-corrected chi connectivity index (χ1v) is 8.48. The van der Waals surface area contributed by atoms with Crippen molar-refractivity contribution in [2.24, 2.45) is 0 Å². The van der Waals surface area contributed by atoms with Crippen molar-refractivity contribution in [2.75, 3.05) is 0 Å². The number of rotatable bonds is 2. The van der Waals surface area contributed by atoms with E-state index in [1.165, 1.54) is 29.5 Å². The molecule has 1 aliphatic rings. The molecule has 0 aliphatic heterocycles. The van der Waals surface area contributed by atoms with Gasteiger partial charge in [0.2, 0.25) is 0 Å². The molecule has 0 radical (unpaired) electrons. The van der Waals surface area contributed by atoms with E-state index in [9.17, 15) is 0 Å². The average Bonchev–Trinajstić information content (AvgIpc) is 2.95. The second-order valence-electron chi connectivity index (χ2n) is 5.74. The molecule has 104 valence electrons. The summed E-state index contributed by atoms with van der Waals surface area (Å²) in [5.74, 6) is 0.507. The van der Waals surface area contributed by atoms with E-state index in [4.69, 9.17) is 0 Å².